The molecule has 0 radical (unpaired) electrons. The lowest BCUT2D eigenvalue weighted by Gasteiger charge is -2.09. The van der Waals surface area contributed by atoms with Crippen LogP contribution in [0.5, 0.6) is 0 Å². The van der Waals surface area contributed by atoms with Crippen LogP contribution < -0.4 is 5.32 Å². The molecule has 15 heavy (non-hydrogen) atoms. The predicted octanol–water partition coefficient (Wildman–Crippen LogP) is 0.265. The van der Waals surface area contributed by atoms with E-state index in [0.29, 0.717) is 19.4 Å². The Kier molecular flexibility index (Phi) is 6.27. The first-order chi connectivity index (χ1) is 6.67. The molecule has 0 saturated carbocycles. The molecule has 0 aromatic rings. The first-order valence-electron chi connectivity index (χ1n) is 4.68. The summed E-state index contributed by atoms with van der Waals surface area (Å²) in [6.07, 6.45) is 0.657. The Balaban J connectivity index is 0.00000196. The fourth-order valence-electron chi connectivity index (χ4n) is 1.38. The van der Waals surface area contributed by atoms with Crippen LogP contribution in [-0.4, -0.2) is 37.7 Å². The summed E-state index contributed by atoms with van der Waals surface area (Å²) in [6, 6.07) is -0.338. The van der Waals surface area contributed by atoms with Crippen LogP contribution in [0.15, 0.2) is 0 Å². The molecule has 0 aliphatic carbocycles. The van der Waals surface area contributed by atoms with Crippen LogP contribution in [0.25, 0.3) is 0 Å². The summed E-state index contributed by atoms with van der Waals surface area (Å²) in [4.78, 5) is 22.0. The predicted molar refractivity (Wildman–Crippen MR) is 55.8 cm³/mol. The molecular formula is C9H16ClNO4. The minimum absolute atomic E-state index is 0. The molecule has 1 rings (SSSR count). The number of rotatable bonds is 3. The van der Waals surface area contributed by atoms with Crippen molar-refractivity contribution >= 4 is 24.3 Å². The Morgan fingerprint density at radius 1 is 1.47 bits per heavy atom. The van der Waals surface area contributed by atoms with Crippen molar-refractivity contribution in [3.63, 3.8) is 0 Å². The van der Waals surface area contributed by atoms with Gasteiger partial charge in [-0.25, -0.2) is 0 Å². The monoisotopic (exact) mass is 237 g/mol. The maximum atomic E-state index is 11.1. The zero-order chi connectivity index (χ0) is 10.6. The summed E-state index contributed by atoms with van der Waals surface area (Å²) in [5, 5.41) is 2.94. The molecule has 5 nitrogen and oxygen atoms in total. The quantitative estimate of drug-likeness (QED) is 0.714. The highest BCUT2D eigenvalue weighted by Gasteiger charge is 2.31. The topological polar surface area (TPSA) is 64.6 Å². The summed E-state index contributed by atoms with van der Waals surface area (Å²) < 4.78 is 9.65. The second-order valence-electron chi connectivity index (χ2n) is 3.19. The van der Waals surface area contributed by atoms with Crippen molar-refractivity contribution in [3.05, 3.63) is 0 Å². The largest absolute Gasteiger partial charge is 0.468 e. The summed E-state index contributed by atoms with van der Waals surface area (Å²) in [7, 11) is 1.34. The molecule has 1 aliphatic rings. The SMILES string of the molecule is CCC(=O)O[C@H]1CN[C@H](C(=O)OC)C1.Cl. The van der Waals surface area contributed by atoms with E-state index < -0.39 is 0 Å². The molecule has 0 aromatic carbocycles. The Hall–Kier alpha value is -0.810. The Labute approximate surface area is 94.9 Å². The van der Waals surface area contributed by atoms with Crippen LogP contribution in [0.2, 0.25) is 0 Å². The number of carbonyl (C=O) groups excluding carboxylic acids is 2. The summed E-state index contributed by atoms with van der Waals surface area (Å²) in [5.41, 5.74) is 0. The highest BCUT2D eigenvalue weighted by molar-refractivity contribution is 5.85. The third-order valence-electron chi connectivity index (χ3n) is 2.16. The molecule has 0 aromatic heterocycles. The normalized spacial score (nSPS) is 24.1. The molecule has 1 N–H and O–H groups in total. The lowest BCUT2D eigenvalue weighted by molar-refractivity contribution is -0.149. The minimum atomic E-state index is -0.338. The van der Waals surface area contributed by atoms with Crippen LogP contribution in [-0.2, 0) is 19.1 Å². The Morgan fingerprint density at radius 3 is 2.67 bits per heavy atom. The summed E-state index contributed by atoms with van der Waals surface area (Å²) in [6.45, 7) is 2.26. The Morgan fingerprint density at radius 2 is 2.13 bits per heavy atom. The van der Waals surface area contributed by atoms with Crippen LogP contribution >= 0.6 is 12.4 Å². The number of ether oxygens (including phenoxy) is 2. The van der Waals surface area contributed by atoms with Crippen LogP contribution in [0.3, 0.4) is 0 Å². The molecule has 1 fully saturated rings. The van der Waals surface area contributed by atoms with E-state index in [4.69, 9.17) is 4.74 Å². The van der Waals surface area contributed by atoms with Crippen molar-refractivity contribution in [2.75, 3.05) is 13.7 Å². The maximum Gasteiger partial charge on any atom is 0.323 e. The average molecular weight is 238 g/mol. The number of hydrogen-bond donors (Lipinski definition) is 1. The number of halogens is 1. The molecular weight excluding hydrogens is 222 g/mol. The van der Waals surface area contributed by atoms with Gasteiger partial charge in [0.05, 0.1) is 7.11 Å². The van der Waals surface area contributed by atoms with Gasteiger partial charge in [-0.15, -0.1) is 12.4 Å². The van der Waals surface area contributed by atoms with Gasteiger partial charge >= 0.3 is 11.9 Å². The van der Waals surface area contributed by atoms with Gasteiger partial charge in [0, 0.05) is 19.4 Å². The van der Waals surface area contributed by atoms with Crippen LogP contribution in [0.1, 0.15) is 19.8 Å². The number of methoxy groups -OCH3 is 1. The van der Waals surface area contributed by atoms with Gasteiger partial charge < -0.3 is 14.8 Å². The van der Waals surface area contributed by atoms with E-state index in [1.54, 1.807) is 6.92 Å². The van der Waals surface area contributed by atoms with Crippen LogP contribution in [0.4, 0.5) is 0 Å². The van der Waals surface area contributed by atoms with E-state index >= 15 is 0 Å². The second-order valence-corrected chi connectivity index (χ2v) is 3.19. The fraction of sp³-hybridized carbons (Fsp3) is 0.778. The third-order valence-corrected chi connectivity index (χ3v) is 2.16. The first kappa shape index (κ1) is 14.2. The van der Waals surface area contributed by atoms with E-state index in [9.17, 15) is 9.59 Å². The van der Waals surface area contributed by atoms with Crippen molar-refractivity contribution in [3.8, 4) is 0 Å². The molecule has 1 aliphatic heterocycles. The molecule has 1 saturated heterocycles. The van der Waals surface area contributed by atoms with Gasteiger partial charge in [0.2, 0.25) is 0 Å². The second kappa shape index (κ2) is 6.63. The minimum Gasteiger partial charge on any atom is -0.468 e. The van der Waals surface area contributed by atoms with Crippen molar-refractivity contribution < 1.29 is 19.1 Å². The molecule has 0 bridgehead atoms. The molecule has 0 unspecified atom stereocenters. The van der Waals surface area contributed by atoms with E-state index in [2.05, 4.69) is 10.1 Å². The van der Waals surface area contributed by atoms with E-state index in [0.717, 1.165) is 0 Å². The van der Waals surface area contributed by atoms with Gasteiger partial charge in [-0.3, -0.25) is 9.59 Å². The number of hydrogen-bond acceptors (Lipinski definition) is 5. The van der Waals surface area contributed by atoms with Gasteiger partial charge in [0.25, 0.3) is 0 Å². The Bertz CT molecular complexity index is 234. The molecule has 88 valence electrons. The lowest BCUT2D eigenvalue weighted by Crippen LogP contribution is -2.31. The van der Waals surface area contributed by atoms with Gasteiger partial charge in [-0.2, -0.15) is 0 Å². The third kappa shape index (κ3) is 4.05. The van der Waals surface area contributed by atoms with Crippen molar-refractivity contribution in [2.45, 2.75) is 31.9 Å². The number of esters is 2. The molecule has 0 amide bonds. The maximum absolute atomic E-state index is 11.1. The highest BCUT2D eigenvalue weighted by atomic mass is 35.5. The fourth-order valence-corrected chi connectivity index (χ4v) is 1.38. The van der Waals surface area contributed by atoms with E-state index in [-0.39, 0.29) is 36.5 Å². The molecule has 1 heterocycles. The smallest absolute Gasteiger partial charge is 0.323 e. The van der Waals surface area contributed by atoms with Gasteiger partial charge in [0.15, 0.2) is 0 Å². The molecule has 0 spiro atoms. The molecule has 6 heteroatoms. The van der Waals surface area contributed by atoms with Crippen molar-refractivity contribution in [1.29, 1.82) is 0 Å². The van der Waals surface area contributed by atoms with Gasteiger partial charge in [-0.1, -0.05) is 6.92 Å². The van der Waals surface area contributed by atoms with Gasteiger partial charge in [-0.05, 0) is 0 Å². The van der Waals surface area contributed by atoms with Crippen molar-refractivity contribution in [2.24, 2.45) is 0 Å². The number of nitrogens with one attached hydrogen (secondary N) is 1. The summed E-state index contributed by atoms with van der Waals surface area (Å²) in [5.74, 6) is -0.539. The molecule has 2 atom stereocenters. The first-order valence-corrected chi connectivity index (χ1v) is 4.68. The summed E-state index contributed by atoms with van der Waals surface area (Å²) >= 11 is 0. The van der Waals surface area contributed by atoms with E-state index in [1.807, 2.05) is 0 Å². The lowest BCUT2D eigenvalue weighted by atomic mass is 10.2. The standard InChI is InChI=1S/C9H15NO4.ClH/c1-3-8(11)14-6-4-7(10-5-6)9(12)13-2;/h6-7,10H,3-5H2,1-2H3;1H/t6-,7+;/m1./s1. The van der Waals surface area contributed by atoms with Crippen LogP contribution in [0, 0.1) is 0 Å². The van der Waals surface area contributed by atoms with Gasteiger partial charge in [0.1, 0.15) is 12.1 Å². The van der Waals surface area contributed by atoms with E-state index in [1.165, 1.54) is 7.11 Å². The highest BCUT2D eigenvalue weighted by Crippen LogP contribution is 2.12. The average Bonchev–Trinajstić information content (AvgIpc) is 2.65. The number of carbonyl (C=O) groups is 2. The zero-order valence-electron chi connectivity index (χ0n) is 8.82. The zero-order valence-corrected chi connectivity index (χ0v) is 9.63. The van der Waals surface area contributed by atoms with Crippen molar-refractivity contribution in [1.82, 2.24) is 5.32 Å².